The van der Waals surface area contributed by atoms with E-state index in [4.69, 9.17) is 10.8 Å². The summed E-state index contributed by atoms with van der Waals surface area (Å²) in [6.45, 7) is 10.6. The summed E-state index contributed by atoms with van der Waals surface area (Å²) in [5.41, 5.74) is 2.79. The van der Waals surface area contributed by atoms with Crippen molar-refractivity contribution in [3.8, 4) is 0 Å². The maximum Gasteiger partial charge on any atom is 0.255 e. The fourth-order valence-corrected chi connectivity index (χ4v) is 4.02. The lowest BCUT2D eigenvalue weighted by molar-refractivity contribution is 0.148. The van der Waals surface area contributed by atoms with Gasteiger partial charge in [-0.05, 0) is 42.2 Å². The van der Waals surface area contributed by atoms with E-state index in [1.165, 1.54) is 18.2 Å². The van der Waals surface area contributed by atoms with Crippen LogP contribution in [0.2, 0.25) is 0 Å². The number of allylic oxidation sites excluding steroid dienone is 5. The lowest BCUT2D eigenvalue weighted by Gasteiger charge is -2.33. The number of rotatable bonds is 8. The number of nitrogens with one attached hydrogen (secondary N) is 6. The average Bonchev–Trinajstić information content (AvgIpc) is 2.66. The molecule has 2 aliphatic rings. The zero-order valence-electron chi connectivity index (χ0n) is 18.4. The van der Waals surface area contributed by atoms with Crippen molar-refractivity contribution in [3.05, 3.63) is 33.9 Å². The molecule has 0 spiro atoms. The largest absolute Gasteiger partial charge is 0.387 e. The van der Waals surface area contributed by atoms with E-state index in [9.17, 15) is 8.78 Å². The highest BCUT2D eigenvalue weighted by Gasteiger charge is 2.26. The molecule has 9 heteroatoms. The predicted molar refractivity (Wildman–Crippen MR) is 122 cm³/mol. The monoisotopic (exact) mass is 440 g/mol. The van der Waals surface area contributed by atoms with Gasteiger partial charge >= 0.3 is 0 Å². The fraction of sp³-hybridized carbons (Fsp3) is 0.619. The molecule has 0 saturated carbocycles. The van der Waals surface area contributed by atoms with Gasteiger partial charge in [0.05, 0.1) is 22.9 Å². The molecule has 0 aromatic carbocycles. The van der Waals surface area contributed by atoms with Crippen LogP contribution in [0.25, 0.3) is 0 Å². The van der Waals surface area contributed by atoms with E-state index in [0.717, 1.165) is 30.0 Å². The molecule has 0 bridgehead atoms. The Hall–Kier alpha value is -2.03. The molecule has 2 aliphatic heterocycles. The van der Waals surface area contributed by atoms with Gasteiger partial charge in [-0.3, -0.25) is 0 Å². The van der Waals surface area contributed by atoms with Crippen LogP contribution in [0.4, 0.5) is 8.78 Å². The molecule has 0 aliphatic carbocycles. The van der Waals surface area contributed by atoms with Crippen LogP contribution in [0.1, 0.15) is 47.5 Å². The van der Waals surface area contributed by atoms with E-state index in [0.29, 0.717) is 22.9 Å². The van der Waals surface area contributed by atoms with E-state index >= 15 is 0 Å². The third-order valence-corrected chi connectivity index (χ3v) is 6.13. The zero-order valence-corrected chi connectivity index (χ0v) is 19.2. The third kappa shape index (κ3) is 6.48. The molecular formula is C21H34F2N6S. The number of halogens is 2. The number of alkyl halides is 2. The van der Waals surface area contributed by atoms with Crippen LogP contribution < -0.4 is 20.7 Å². The summed E-state index contributed by atoms with van der Waals surface area (Å²) in [6, 6.07) is 0. The summed E-state index contributed by atoms with van der Waals surface area (Å²) in [5, 5.41) is 25.6. The Bertz CT molecular complexity index is 743. The maximum atomic E-state index is 12.7. The first-order valence-corrected chi connectivity index (χ1v) is 11.1. The van der Waals surface area contributed by atoms with Crippen LogP contribution >= 0.6 is 11.9 Å². The molecule has 0 amide bonds. The van der Waals surface area contributed by atoms with Gasteiger partial charge in [0.15, 0.2) is 0 Å². The first-order valence-electron chi connectivity index (χ1n) is 10.3. The molecule has 1 fully saturated rings. The van der Waals surface area contributed by atoms with Crippen LogP contribution in [0.3, 0.4) is 0 Å². The van der Waals surface area contributed by atoms with Crippen molar-refractivity contribution >= 4 is 23.9 Å². The predicted octanol–water partition coefficient (Wildman–Crippen LogP) is 4.32. The van der Waals surface area contributed by atoms with Crippen molar-refractivity contribution in [1.82, 2.24) is 20.7 Å². The van der Waals surface area contributed by atoms with Crippen LogP contribution in [0.15, 0.2) is 33.9 Å². The van der Waals surface area contributed by atoms with Gasteiger partial charge < -0.3 is 31.5 Å². The summed E-state index contributed by atoms with van der Waals surface area (Å²) in [5.74, 6) is 0.475. The van der Waals surface area contributed by atoms with Gasteiger partial charge in [-0.2, -0.15) is 0 Å². The Labute approximate surface area is 182 Å². The van der Waals surface area contributed by atoms with Gasteiger partial charge in [0, 0.05) is 30.1 Å². The smallest absolute Gasteiger partial charge is 0.255 e. The highest BCUT2D eigenvalue weighted by Crippen LogP contribution is 2.31. The van der Waals surface area contributed by atoms with E-state index < -0.39 is 13.0 Å². The second-order valence-corrected chi connectivity index (χ2v) is 9.68. The molecule has 30 heavy (non-hydrogen) atoms. The summed E-state index contributed by atoms with van der Waals surface area (Å²) in [7, 11) is 0. The van der Waals surface area contributed by atoms with Crippen molar-refractivity contribution in [2.45, 2.75) is 53.9 Å². The molecule has 1 atom stereocenters. The van der Waals surface area contributed by atoms with E-state index in [1.54, 1.807) is 0 Å². The van der Waals surface area contributed by atoms with Crippen LogP contribution in [-0.2, 0) is 0 Å². The Balaban J connectivity index is 2.16. The van der Waals surface area contributed by atoms with Crippen LogP contribution in [-0.4, -0.2) is 31.4 Å². The number of hydrogen-bond acceptors (Lipinski definition) is 7. The van der Waals surface area contributed by atoms with Crippen LogP contribution in [0.5, 0.6) is 0 Å². The number of hydrogen-bond donors (Lipinski definition) is 6. The SMILES string of the molecule is CC1C=C(NS/C(C=N)=C2\CCC(C)(C)CN2)N/C(=C(/NCC(F)F)C(C)C)C1=N. The summed E-state index contributed by atoms with van der Waals surface area (Å²) in [4.78, 5) is 0.812. The maximum absolute atomic E-state index is 12.7. The minimum Gasteiger partial charge on any atom is -0.387 e. The Kier molecular flexibility index (Phi) is 8.34. The second-order valence-electron chi connectivity index (χ2n) is 8.83. The lowest BCUT2D eigenvalue weighted by Crippen LogP contribution is -2.39. The first-order chi connectivity index (χ1) is 14.0. The molecule has 6 N–H and O–H groups in total. The molecule has 0 aromatic heterocycles. The number of piperidine rings is 1. The van der Waals surface area contributed by atoms with Gasteiger partial charge in [0.2, 0.25) is 0 Å². The van der Waals surface area contributed by atoms with Crippen molar-refractivity contribution in [1.29, 1.82) is 10.8 Å². The van der Waals surface area contributed by atoms with Gasteiger partial charge in [-0.15, -0.1) is 0 Å². The van der Waals surface area contributed by atoms with Gasteiger partial charge in [-0.25, -0.2) is 8.78 Å². The molecule has 1 saturated heterocycles. The lowest BCUT2D eigenvalue weighted by atomic mass is 9.84. The highest BCUT2D eigenvalue weighted by atomic mass is 32.2. The minimum atomic E-state index is -2.46. The normalized spacial score (nSPS) is 24.6. The molecule has 1 unspecified atom stereocenters. The van der Waals surface area contributed by atoms with E-state index in [-0.39, 0.29) is 17.3 Å². The summed E-state index contributed by atoms with van der Waals surface area (Å²) < 4.78 is 28.7. The minimum absolute atomic E-state index is 0.0418. The van der Waals surface area contributed by atoms with E-state index in [1.807, 2.05) is 26.8 Å². The summed E-state index contributed by atoms with van der Waals surface area (Å²) >= 11 is 1.34. The molecule has 168 valence electrons. The molecule has 6 nitrogen and oxygen atoms in total. The Morgan fingerprint density at radius 2 is 2.10 bits per heavy atom. The third-order valence-electron chi connectivity index (χ3n) is 5.23. The Morgan fingerprint density at radius 3 is 2.63 bits per heavy atom. The molecule has 2 heterocycles. The van der Waals surface area contributed by atoms with Gasteiger partial charge in [0.25, 0.3) is 6.43 Å². The fourth-order valence-electron chi connectivity index (χ4n) is 3.33. The van der Waals surface area contributed by atoms with Crippen molar-refractivity contribution < 1.29 is 8.78 Å². The topological polar surface area (TPSA) is 95.8 Å². The molecular weight excluding hydrogens is 406 g/mol. The summed E-state index contributed by atoms with van der Waals surface area (Å²) in [6.07, 6.45) is 2.72. The average molecular weight is 441 g/mol. The van der Waals surface area contributed by atoms with Gasteiger partial charge in [0.1, 0.15) is 5.82 Å². The highest BCUT2D eigenvalue weighted by molar-refractivity contribution is 8.02. The first kappa shape index (κ1) is 24.2. The van der Waals surface area contributed by atoms with E-state index in [2.05, 4.69) is 34.5 Å². The second kappa shape index (κ2) is 10.3. The molecule has 2 rings (SSSR count). The quantitative estimate of drug-likeness (QED) is 0.250. The van der Waals surface area contributed by atoms with Gasteiger partial charge in [-0.1, -0.05) is 34.6 Å². The molecule has 0 radical (unpaired) electrons. The van der Waals surface area contributed by atoms with Crippen LogP contribution in [0, 0.1) is 28.1 Å². The van der Waals surface area contributed by atoms with Crippen molar-refractivity contribution in [2.75, 3.05) is 13.1 Å². The van der Waals surface area contributed by atoms with Crippen molar-refractivity contribution in [2.24, 2.45) is 17.3 Å². The standard InChI is InChI=1S/C21H34F2N6S/c1-12(2)19(26-10-16(22)23)20-18(25)13(3)8-17(28-20)29-30-15(9-24)14-6-7-21(4,5)11-27-14/h8-9,12-13,16,24-29H,6-7,10-11H2,1-5H3/b15-14+,20-19+,24-9?,25-18?. The van der Waals surface area contributed by atoms with Crippen molar-refractivity contribution in [3.63, 3.8) is 0 Å². The zero-order chi connectivity index (χ0) is 22.5. The Morgan fingerprint density at radius 1 is 1.40 bits per heavy atom. The molecule has 0 aromatic rings.